The summed E-state index contributed by atoms with van der Waals surface area (Å²) in [4.78, 5) is 12.0. The minimum atomic E-state index is -3.51. The molecule has 0 aliphatic heterocycles. The van der Waals surface area contributed by atoms with Crippen molar-refractivity contribution in [3.8, 4) is 0 Å². The van der Waals surface area contributed by atoms with E-state index < -0.39 is 10.0 Å². The van der Waals surface area contributed by atoms with Gasteiger partial charge in [-0.25, -0.2) is 8.42 Å². The summed E-state index contributed by atoms with van der Waals surface area (Å²) in [6, 6.07) is 4.08. The number of nitrogens with zero attached hydrogens (tertiary/aromatic N) is 1. The fraction of sp³-hybridized carbons (Fsp3) is 0.533. The third kappa shape index (κ3) is 3.97. The van der Waals surface area contributed by atoms with Gasteiger partial charge in [-0.15, -0.1) is 0 Å². The fourth-order valence-corrected chi connectivity index (χ4v) is 3.53. The Morgan fingerprint density at radius 3 is 2.19 bits per heavy atom. The van der Waals surface area contributed by atoms with E-state index in [1.165, 1.54) is 4.31 Å². The molecule has 1 aliphatic carbocycles. The summed E-state index contributed by atoms with van der Waals surface area (Å²) in [6.45, 7) is 5.53. The molecule has 1 aromatic rings. The summed E-state index contributed by atoms with van der Waals surface area (Å²) in [6.07, 6.45) is 3.09. The number of sulfonamides is 1. The number of carbonyl (C=O) groups is 1. The smallest absolute Gasteiger partial charge is 0.240 e. The predicted molar refractivity (Wildman–Crippen MR) is 84.0 cm³/mol. The van der Waals surface area contributed by atoms with Crippen LogP contribution < -0.4 is 9.62 Å². The minimum absolute atomic E-state index is 0.167. The average molecular weight is 310 g/mol. The van der Waals surface area contributed by atoms with Crippen LogP contribution in [0.4, 0.5) is 5.69 Å². The van der Waals surface area contributed by atoms with E-state index in [0.717, 1.165) is 35.8 Å². The maximum atomic E-state index is 12.1. The summed E-state index contributed by atoms with van der Waals surface area (Å²) >= 11 is 0. The Bertz CT molecular complexity index is 640. The van der Waals surface area contributed by atoms with Crippen molar-refractivity contribution in [1.82, 2.24) is 5.32 Å². The Hall–Kier alpha value is -1.56. The highest BCUT2D eigenvalue weighted by molar-refractivity contribution is 7.92. The molecule has 6 heteroatoms. The number of amides is 1. The first-order chi connectivity index (χ1) is 9.68. The molecule has 1 N–H and O–H groups in total. The summed E-state index contributed by atoms with van der Waals surface area (Å²) in [5.74, 6) is -0.248. The first kappa shape index (κ1) is 15.8. The Morgan fingerprint density at radius 2 is 1.76 bits per heavy atom. The van der Waals surface area contributed by atoms with Gasteiger partial charge in [-0.3, -0.25) is 9.10 Å². The number of carbonyl (C=O) groups excluding carboxylic acids is 1. The van der Waals surface area contributed by atoms with Gasteiger partial charge >= 0.3 is 0 Å². The van der Waals surface area contributed by atoms with Crippen LogP contribution in [0.25, 0.3) is 0 Å². The molecule has 2 rings (SSSR count). The molecule has 5 nitrogen and oxygen atoms in total. The molecule has 21 heavy (non-hydrogen) atoms. The van der Waals surface area contributed by atoms with Crippen LogP contribution in [0, 0.1) is 20.8 Å². The number of aryl methyl sites for hydroxylation is 3. The Labute approximate surface area is 126 Å². The van der Waals surface area contributed by atoms with E-state index in [9.17, 15) is 13.2 Å². The third-order valence-corrected chi connectivity index (χ3v) is 4.63. The zero-order valence-corrected chi connectivity index (χ0v) is 13.8. The van der Waals surface area contributed by atoms with E-state index in [0.29, 0.717) is 5.69 Å². The average Bonchev–Trinajstić information content (AvgIpc) is 3.08. The third-order valence-electron chi connectivity index (χ3n) is 3.51. The molecule has 1 aliphatic rings. The molecule has 116 valence electrons. The zero-order valence-electron chi connectivity index (χ0n) is 12.9. The van der Waals surface area contributed by atoms with Crippen molar-refractivity contribution in [2.45, 2.75) is 39.7 Å². The van der Waals surface area contributed by atoms with Gasteiger partial charge in [0.1, 0.15) is 6.54 Å². The SMILES string of the molecule is Cc1cc(C)c(N(CC(=O)NC2CC2)S(C)(=O)=O)c(C)c1. The van der Waals surface area contributed by atoms with Gasteiger partial charge in [0.25, 0.3) is 0 Å². The lowest BCUT2D eigenvalue weighted by atomic mass is 10.1. The lowest BCUT2D eigenvalue weighted by Gasteiger charge is -2.26. The highest BCUT2D eigenvalue weighted by Gasteiger charge is 2.28. The molecule has 1 fully saturated rings. The van der Waals surface area contributed by atoms with E-state index in [1.807, 2.05) is 32.9 Å². The Morgan fingerprint density at radius 1 is 1.24 bits per heavy atom. The van der Waals surface area contributed by atoms with E-state index in [2.05, 4.69) is 5.32 Å². The van der Waals surface area contributed by atoms with Crippen molar-refractivity contribution in [3.63, 3.8) is 0 Å². The number of hydrogen-bond acceptors (Lipinski definition) is 3. The molecule has 0 saturated heterocycles. The molecule has 0 unspecified atom stereocenters. The summed E-state index contributed by atoms with van der Waals surface area (Å²) in [5.41, 5.74) is 3.40. The van der Waals surface area contributed by atoms with Gasteiger partial charge in [0, 0.05) is 6.04 Å². The van der Waals surface area contributed by atoms with Crippen LogP contribution in [0.1, 0.15) is 29.5 Å². The molecule has 0 bridgehead atoms. The number of nitrogens with one attached hydrogen (secondary N) is 1. The Balaban J connectivity index is 2.34. The molecule has 0 radical (unpaired) electrons. The maximum Gasteiger partial charge on any atom is 0.240 e. The largest absolute Gasteiger partial charge is 0.352 e. The second kappa shape index (κ2) is 5.67. The van der Waals surface area contributed by atoms with Gasteiger partial charge in [-0.05, 0) is 44.7 Å². The second-order valence-corrected chi connectivity index (χ2v) is 7.77. The van der Waals surface area contributed by atoms with Crippen LogP contribution in [0.2, 0.25) is 0 Å². The van der Waals surface area contributed by atoms with E-state index in [4.69, 9.17) is 0 Å². The van der Waals surface area contributed by atoms with Crippen LogP contribution in [-0.4, -0.2) is 33.2 Å². The molecule has 0 spiro atoms. The molecule has 0 aromatic heterocycles. The van der Waals surface area contributed by atoms with E-state index >= 15 is 0 Å². The first-order valence-corrected chi connectivity index (χ1v) is 8.88. The Kier molecular flexibility index (Phi) is 4.27. The van der Waals surface area contributed by atoms with Crippen molar-refractivity contribution in [3.05, 3.63) is 28.8 Å². The summed E-state index contributed by atoms with van der Waals surface area (Å²) < 4.78 is 25.4. The number of benzene rings is 1. The van der Waals surface area contributed by atoms with Gasteiger partial charge in [0.2, 0.25) is 15.9 Å². The maximum absolute atomic E-state index is 12.1. The summed E-state index contributed by atoms with van der Waals surface area (Å²) in [5, 5.41) is 2.83. The van der Waals surface area contributed by atoms with Crippen LogP contribution in [0.3, 0.4) is 0 Å². The summed E-state index contributed by atoms with van der Waals surface area (Å²) in [7, 11) is -3.51. The second-order valence-electron chi connectivity index (χ2n) is 5.86. The standard InChI is InChI=1S/C15H22N2O3S/c1-10-7-11(2)15(12(3)8-10)17(21(4,19)20)9-14(18)16-13-5-6-13/h7-8,13H,5-6,9H2,1-4H3,(H,16,18). The highest BCUT2D eigenvalue weighted by atomic mass is 32.2. The molecule has 1 aromatic carbocycles. The lowest BCUT2D eigenvalue weighted by molar-refractivity contribution is -0.119. The molecule has 1 saturated carbocycles. The molecular formula is C15H22N2O3S. The molecule has 0 heterocycles. The lowest BCUT2D eigenvalue weighted by Crippen LogP contribution is -2.41. The van der Waals surface area contributed by atoms with Crippen molar-refractivity contribution in [1.29, 1.82) is 0 Å². The quantitative estimate of drug-likeness (QED) is 0.899. The first-order valence-electron chi connectivity index (χ1n) is 7.03. The molecule has 0 atom stereocenters. The van der Waals surface area contributed by atoms with Gasteiger partial charge in [-0.1, -0.05) is 17.7 Å². The minimum Gasteiger partial charge on any atom is -0.352 e. The highest BCUT2D eigenvalue weighted by Crippen LogP contribution is 2.28. The predicted octanol–water partition coefficient (Wildman–Crippen LogP) is 1.66. The topological polar surface area (TPSA) is 66.5 Å². The van der Waals surface area contributed by atoms with Crippen molar-refractivity contribution in [2.24, 2.45) is 0 Å². The van der Waals surface area contributed by atoms with Gasteiger partial charge < -0.3 is 5.32 Å². The van der Waals surface area contributed by atoms with Crippen LogP contribution in [-0.2, 0) is 14.8 Å². The van der Waals surface area contributed by atoms with E-state index in [1.54, 1.807) is 0 Å². The number of hydrogen-bond donors (Lipinski definition) is 1. The number of rotatable bonds is 5. The van der Waals surface area contributed by atoms with Crippen molar-refractivity contribution < 1.29 is 13.2 Å². The van der Waals surface area contributed by atoms with Crippen LogP contribution in [0.15, 0.2) is 12.1 Å². The van der Waals surface area contributed by atoms with Crippen molar-refractivity contribution in [2.75, 3.05) is 17.1 Å². The fourth-order valence-electron chi connectivity index (χ4n) is 2.56. The van der Waals surface area contributed by atoms with E-state index in [-0.39, 0.29) is 18.5 Å². The van der Waals surface area contributed by atoms with Crippen LogP contribution in [0.5, 0.6) is 0 Å². The van der Waals surface area contributed by atoms with Crippen LogP contribution >= 0.6 is 0 Å². The zero-order chi connectivity index (χ0) is 15.8. The number of anilines is 1. The van der Waals surface area contributed by atoms with Gasteiger partial charge in [0.15, 0.2) is 0 Å². The van der Waals surface area contributed by atoms with Gasteiger partial charge in [-0.2, -0.15) is 0 Å². The van der Waals surface area contributed by atoms with Gasteiger partial charge in [0.05, 0.1) is 11.9 Å². The molecular weight excluding hydrogens is 288 g/mol. The normalized spacial score (nSPS) is 14.9. The van der Waals surface area contributed by atoms with Crippen molar-refractivity contribution >= 4 is 21.6 Å². The monoisotopic (exact) mass is 310 g/mol. The molecule has 1 amide bonds.